The summed E-state index contributed by atoms with van der Waals surface area (Å²) in [6.45, 7) is 0.964. The van der Waals surface area contributed by atoms with Crippen LogP contribution in [-0.2, 0) is 14.9 Å². The minimum absolute atomic E-state index is 0.205. The number of aliphatic carboxylic acids is 1. The third kappa shape index (κ3) is 1.75. The minimum Gasteiger partial charge on any atom is -0.480 e. The standard InChI is InChI=1S/C13H15NO5/c1-14-11(12(15)16)13(5-17-6-13)8-2-3-9-10(4-8)19-7-18-9/h2-4,11,14H,5-7H2,1H3,(H,15,16). The van der Waals surface area contributed by atoms with E-state index in [-0.39, 0.29) is 6.79 Å². The van der Waals surface area contributed by atoms with Gasteiger partial charge in [-0.25, -0.2) is 0 Å². The van der Waals surface area contributed by atoms with E-state index in [0.29, 0.717) is 24.7 Å². The first-order valence-electron chi connectivity index (χ1n) is 6.05. The quantitative estimate of drug-likeness (QED) is 0.818. The lowest BCUT2D eigenvalue weighted by molar-refractivity contribution is -0.150. The Morgan fingerprint density at radius 1 is 1.37 bits per heavy atom. The number of carboxylic acids is 1. The summed E-state index contributed by atoms with van der Waals surface area (Å²) < 4.78 is 15.9. The van der Waals surface area contributed by atoms with Gasteiger partial charge in [-0.05, 0) is 24.7 Å². The van der Waals surface area contributed by atoms with E-state index in [0.717, 1.165) is 5.56 Å². The molecule has 3 rings (SSSR count). The molecule has 1 aromatic rings. The molecule has 1 saturated heterocycles. The molecular formula is C13H15NO5. The Morgan fingerprint density at radius 2 is 2.11 bits per heavy atom. The number of nitrogens with one attached hydrogen (secondary N) is 1. The second-order valence-corrected chi connectivity index (χ2v) is 4.78. The van der Waals surface area contributed by atoms with Gasteiger partial charge in [0.2, 0.25) is 6.79 Å². The fraction of sp³-hybridized carbons (Fsp3) is 0.462. The summed E-state index contributed by atoms with van der Waals surface area (Å²) in [7, 11) is 1.64. The molecule has 0 amide bonds. The van der Waals surface area contributed by atoms with Gasteiger partial charge in [0.25, 0.3) is 0 Å². The monoisotopic (exact) mass is 265 g/mol. The average Bonchev–Trinajstić information content (AvgIpc) is 2.79. The number of hydrogen-bond donors (Lipinski definition) is 2. The van der Waals surface area contributed by atoms with E-state index >= 15 is 0 Å². The van der Waals surface area contributed by atoms with Crippen LogP contribution in [0.4, 0.5) is 0 Å². The minimum atomic E-state index is -0.886. The van der Waals surface area contributed by atoms with Crippen LogP contribution in [0.25, 0.3) is 0 Å². The highest BCUT2D eigenvalue weighted by molar-refractivity contribution is 5.76. The lowest BCUT2D eigenvalue weighted by Crippen LogP contribution is -2.62. The second-order valence-electron chi connectivity index (χ2n) is 4.78. The Hall–Kier alpha value is -1.79. The molecule has 6 heteroatoms. The van der Waals surface area contributed by atoms with Crippen LogP contribution in [0.3, 0.4) is 0 Å². The van der Waals surface area contributed by atoms with Crippen molar-refractivity contribution in [3.8, 4) is 11.5 Å². The van der Waals surface area contributed by atoms with Crippen molar-refractivity contribution < 1.29 is 24.1 Å². The van der Waals surface area contributed by atoms with Crippen molar-refractivity contribution in [3.63, 3.8) is 0 Å². The van der Waals surface area contributed by atoms with Crippen molar-refractivity contribution in [1.29, 1.82) is 0 Å². The molecule has 1 aromatic carbocycles. The van der Waals surface area contributed by atoms with Crippen molar-refractivity contribution in [3.05, 3.63) is 23.8 Å². The van der Waals surface area contributed by atoms with Crippen LogP contribution in [0, 0.1) is 0 Å². The molecule has 19 heavy (non-hydrogen) atoms. The van der Waals surface area contributed by atoms with Crippen LogP contribution >= 0.6 is 0 Å². The summed E-state index contributed by atoms with van der Waals surface area (Å²) in [6.07, 6.45) is 0. The van der Waals surface area contributed by atoms with Crippen LogP contribution in [0.5, 0.6) is 11.5 Å². The maximum atomic E-state index is 11.4. The highest BCUT2D eigenvalue weighted by Gasteiger charge is 2.50. The van der Waals surface area contributed by atoms with E-state index in [9.17, 15) is 9.90 Å². The van der Waals surface area contributed by atoms with Crippen molar-refractivity contribution in [2.45, 2.75) is 11.5 Å². The number of benzene rings is 1. The predicted molar refractivity (Wildman–Crippen MR) is 65.5 cm³/mol. The Balaban J connectivity index is 2.00. The summed E-state index contributed by atoms with van der Waals surface area (Å²) in [4.78, 5) is 11.4. The molecule has 0 spiro atoms. The van der Waals surface area contributed by atoms with E-state index < -0.39 is 17.4 Å². The first-order chi connectivity index (χ1) is 9.17. The van der Waals surface area contributed by atoms with Crippen molar-refractivity contribution >= 4 is 5.97 Å². The van der Waals surface area contributed by atoms with Crippen LogP contribution in [-0.4, -0.2) is 44.2 Å². The molecule has 2 aliphatic heterocycles. The average molecular weight is 265 g/mol. The van der Waals surface area contributed by atoms with Gasteiger partial charge in [0.05, 0.1) is 18.6 Å². The molecule has 2 N–H and O–H groups in total. The molecule has 1 fully saturated rings. The third-order valence-electron chi connectivity index (χ3n) is 3.75. The predicted octanol–water partition coefficient (Wildman–Crippen LogP) is 0.356. The summed E-state index contributed by atoms with van der Waals surface area (Å²) >= 11 is 0. The highest BCUT2D eigenvalue weighted by Crippen LogP contribution is 2.41. The number of fused-ring (bicyclic) bond motifs is 1. The zero-order chi connectivity index (χ0) is 13.5. The molecule has 0 radical (unpaired) electrons. The molecule has 1 unspecified atom stereocenters. The van der Waals surface area contributed by atoms with Gasteiger partial charge in [-0.2, -0.15) is 0 Å². The van der Waals surface area contributed by atoms with Crippen LogP contribution in [0.2, 0.25) is 0 Å². The van der Waals surface area contributed by atoms with E-state index in [1.165, 1.54) is 0 Å². The zero-order valence-electron chi connectivity index (χ0n) is 10.5. The van der Waals surface area contributed by atoms with E-state index in [4.69, 9.17) is 14.2 Å². The van der Waals surface area contributed by atoms with E-state index in [1.807, 2.05) is 18.2 Å². The van der Waals surface area contributed by atoms with Gasteiger partial charge in [-0.3, -0.25) is 4.79 Å². The molecule has 0 aromatic heterocycles. The summed E-state index contributed by atoms with van der Waals surface area (Å²) in [5.41, 5.74) is 0.339. The number of ether oxygens (including phenoxy) is 3. The van der Waals surface area contributed by atoms with E-state index in [1.54, 1.807) is 7.05 Å². The van der Waals surface area contributed by atoms with Crippen molar-refractivity contribution in [2.24, 2.45) is 0 Å². The number of hydrogen-bond acceptors (Lipinski definition) is 5. The van der Waals surface area contributed by atoms with Gasteiger partial charge >= 0.3 is 5.97 Å². The molecule has 2 aliphatic rings. The molecule has 2 heterocycles. The molecule has 102 valence electrons. The number of likely N-dealkylation sites (N-methyl/N-ethyl adjacent to an activating group) is 1. The van der Waals surface area contributed by atoms with Crippen LogP contribution in [0.15, 0.2) is 18.2 Å². The first kappa shape index (κ1) is 12.3. The largest absolute Gasteiger partial charge is 0.480 e. The molecule has 1 atom stereocenters. The lowest BCUT2D eigenvalue weighted by Gasteiger charge is -2.45. The number of rotatable bonds is 4. The summed E-state index contributed by atoms with van der Waals surface area (Å²) in [5, 5.41) is 12.2. The molecule has 0 aliphatic carbocycles. The Kier molecular flexibility index (Phi) is 2.83. The number of carbonyl (C=O) groups is 1. The molecule has 0 saturated carbocycles. The lowest BCUT2D eigenvalue weighted by atomic mass is 9.72. The number of carboxylic acid groups (broad SMARTS) is 1. The van der Waals surface area contributed by atoms with Crippen molar-refractivity contribution in [1.82, 2.24) is 5.32 Å². The molecular weight excluding hydrogens is 250 g/mol. The van der Waals surface area contributed by atoms with Gasteiger partial charge in [0.1, 0.15) is 6.04 Å². The third-order valence-corrected chi connectivity index (χ3v) is 3.75. The fourth-order valence-corrected chi connectivity index (χ4v) is 2.66. The highest BCUT2D eigenvalue weighted by atomic mass is 16.7. The Morgan fingerprint density at radius 3 is 2.68 bits per heavy atom. The van der Waals surface area contributed by atoms with Crippen molar-refractivity contribution in [2.75, 3.05) is 27.1 Å². The van der Waals surface area contributed by atoms with Gasteiger partial charge in [-0.15, -0.1) is 0 Å². The van der Waals surface area contributed by atoms with Gasteiger partial charge in [0, 0.05) is 0 Å². The maximum absolute atomic E-state index is 11.4. The van der Waals surface area contributed by atoms with Crippen LogP contribution < -0.4 is 14.8 Å². The van der Waals surface area contributed by atoms with E-state index in [2.05, 4.69) is 5.32 Å². The Bertz CT molecular complexity index is 512. The Labute approximate surface area is 110 Å². The zero-order valence-corrected chi connectivity index (χ0v) is 10.5. The normalized spacial score (nSPS) is 20.7. The van der Waals surface area contributed by atoms with Crippen LogP contribution in [0.1, 0.15) is 5.56 Å². The fourth-order valence-electron chi connectivity index (χ4n) is 2.66. The van der Waals surface area contributed by atoms with Gasteiger partial charge in [0.15, 0.2) is 11.5 Å². The topological polar surface area (TPSA) is 77.0 Å². The summed E-state index contributed by atoms with van der Waals surface area (Å²) in [6, 6.07) is 4.84. The molecule has 6 nitrogen and oxygen atoms in total. The van der Waals surface area contributed by atoms with Gasteiger partial charge < -0.3 is 24.6 Å². The maximum Gasteiger partial charge on any atom is 0.321 e. The smallest absolute Gasteiger partial charge is 0.321 e. The molecule has 0 bridgehead atoms. The SMILES string of the molecule is CNC(C(=O)O)C1(c2ccc3c(c2)OCO3)COC1. The first-order valence-corrected chi connectivity index (χ1v) is 6.05. The van der Waals surface area contributed by atoms with Gasteiger partial charge in [-0.1, -0.05) is 6.07 Å². The second kappa shape index (κ2) is 4.40. The summed E-state index contributed by atoms with van der Waals surface area (Å²) in [5.74, 6) is 0.461.